The number of aryl methyl sites for hydroxylation is 2. The first-order chi connectivity index (χ1) is 8.97. The number of aromatic carboxylic acids is 1. The molecule has 2 rings (SSSR count). The van der Waals surface area contributed by atoms with Crippen molar-refractivity contribution in [2.24, 2.45) is 0 Å². The standard InChI is InChI=1S/C14H12ClNO2S/c1-8-3-4-10(5-9(8)2)19-13-6-11(14(17)18)12(15)7-16-13/h3-7H,1-2H3,(H,17,18). The Balaban J connectivity index is 2.30. The van der Waals surface area contributed by atoms with E-state index in [0.29, 0.717) is 5.03 Å². The molecule has 0 amide bonds. The minimum Gasteiger partial charge on any atom is -0.478 e. The molecule has 1 heterocycles. The van der Waals surface area contributed by atoms with Crippen LogP contribution in [0.25, 0.3) is 0 Å². The van der Waals surface area contributed by atoms with Crippen molar-refractivity contribution < 1.29 is 9.90 Å². The minimum atomic E-state index is -1.05. The lowest BCUT2D eigenvalue weighted by molar-refractivity contribution is 0.0696. The van der Waals surface area contributed by atoms with Crippen LogP contribution >= 0.6 is 23.4 Å². The molecule has 19 heavy (non-hydrogen) atoms. The summed E-state index contributed by atoms with van der Waals surface area (Å²) in [7, 11) is 0. The fourth-order valence-electron chi connectivity index (χ4n) is 1.54. The van der Waals surface area contributed by atoms with E-state index < -0.39 is 5.97 Å². The van der Waals surface area contributed by atoms with Crippen LogP contribution in [0.4, 0.5) is 0 Å². The molecule has 0 atom stereocenters. The van der Waals surface area contributed by atoms with Gasteiger partial charge >= 0.3 is 5.97 Å². The maximum absolute atomic E-state index is 11.0. The molecule has 1 aromatic heterocycles. The minimum absolute atomic E-state index is 0.0722. The van der Waals surface area contributed by atoms with Gasteiger partial charge in [0.2, 0.25) is 0 Å². The summed E-state index contributed by atoms with van der Waals surface area (Å²) in [5.74, 6) is -1.05. The van der Waals surface area contributed by atoms with Gasteiger partial charge in [-0.3, -0.25) is 0 Å². The van der Waals surface area contributed by atoms with Crippen molar-refractivity contribution in [3.63, 3.8) is 0 Å². The van der Waals surface area contributed by atoms with E-state index in [0.717, 1.165) is 4.90 Å². The Kier molecular flexibility index (Phi) is 4.12. The highest BCUT2D eigenvalue weighted by atomic mass is 35.5. The number of carboxylic acids is 1. The van der Waals surface area contributed by atoms with E-state index in [1.165, 1.54) is 35.2 Å². The molecule has 3 nitrogen and oxygen atoms in total. The molecule has 0 radical (unpaired) electrons. The van der Waals surface area contributed by atoms with Crippen LogP contribution in [0.15, 0.2) is 40.4 Å². The fourth-order valence-corrected chi connectivity index (χ4v) is 2.62. The van der Waals surface area contributed by atoms with Crippen molar-refractivity contribution in [1.82, 2.24) is 4.98 Å². The van der Waals surface area contributed by atoms with Crippen LogP contribution in [-0.4, -0.2) is 16.1 Å². The predicted octanol–water partition coefficient (Wildman–Crippen LogP) is 4.20. The maximum atomic E-state index is 11.0. The number of carboxylic acid groups (broad SMARTS) is 1. The average molecular weight is 294 g/mol. The number of carbonyl (C=O) groups is 1. The first-order valence-corrected chi connectivity index (χ1v) is 6.81. The molecular weight excluding hydrogens is 282 g/mol. The highest BCUT2D eigenvalue weighted by Crippen LogP contribution is 2.29. The van der Waals surface area contributed by atoms with Gasteiger partial charge in [-0.2, -0.15) is 0 Å². The number of benzene rings is 1. The Morgan fingerprint density at radius 2 is 2.00 bits per heavy atom. The molecule has 0 bridgehead atoms. The first-order valence-electron chi connectivity index (χ1n) is 5.61. The van der Waals surface area contributed by atoms with E-state index in [4.69, 9.17) is 16.7 Å². The number of hydrogen-bond acceptors (Lipinski definition) is 3. The zero-order chi connectivity index (χ0) is 14.0. The third-order valence-corrected chi connectivity index (χ3v) is 3.98. The summed E-state index contributed by atoms with van der Waals surface area (Å²) in [6, 6.07) is 7.57. The molecule has 0 saturated carbocycles. The molecule has 1 N–H and O–H groups in total. The molecule has 98 valence electrons. The van der Waals surface area contributed by atoms with Crippen molar-refractivity contribution in [1.29, 1.82) is 0 Å². The largest absolute Gasteiger partial charge is 0.478 e. The maximum Gasteiger partial charge on any atom is 0.337 e. The molecule has 2 aromatic rings. The number of rotatable bonds is 3. The zero-order valence-electron chi connectivity index (χ0n) is 10.5. The molecule has 0 fully saturated rings. The Bertz CT molecular complexity index is 643. The third-order valence-electron chi connectivity index (χ3n) is 2.76. The normalized spacial score (nSPS) is 10.5. The summed E-state index contributed by atoms with van der Waals surface area (Å²) in [5, 5.41) is 9.78. The van der Waals surface area contributed by atoms with Crippen molar-refractivity contribution in [2.45, 2.75) is 23.8 Å². The van der Waals surface area contributed by atoms with E-state index >= 15 is 0 Å². The molecule has 0 aliphatic rings. The van der Waals surface area contributed by atoms with Gasteiger partial charge in [-0.25, -0.2) is 9.78 Å². The van der Waals surface area contributed by atoms with Crippen LogP contribution in [0.2, 0.25) is 5.02 Å². The third kappa shape index (κ3) is 3.28. The zero-order valence-corrected chi connectivity index (χ0v) is 12.0. The molecule has 1 aromatic carbocycles. The second-order valence-electron chi connectivity index (χ2n) is 4.16. The van der Waals surface area contributed by atoms with Crippen molar-refractivity contribution in [3.05, 3.63) is 52.2 Å². The summed E-state index contributed by atoms with van der Waals surface area (Å²) >= 11 is 7.21. The van der Waals surface area contributed by atoms with E-state index in [1.807, 2.05) is 26.0 Å². The van der Waals surface area contributed by atoms with Crippen LogP contribution in [0.1, 0.15) is 21.5 Å². The Morgan fingerprint density at radius 1 is 1.26 bits per heavy atom. The van der Waals surface area contributed by atoms with E-state index in [-0.39, 0.29) is 10.6 Å². The van der Waals surface area contributed by atoms with E-state index in [1.54, 1.807) is 0 Å². The molecular formula is C14H12ClNO2S. The molecule has 0 saturated heterocycles. The highest BCUT2D eigenvalue weighted by Gasteiger charge is 2.11. The van der Waals surface area contributed by atoms with Crippen molar-refractivity contribution >= 4 is 29.3 Å². The van der Waals surface area contributed by atoms with Gasteiger partial charge in [0.1, 0.15) is 5.03 Å². The predicted molar refractivity (Wildman–Crippen MR) is 76.2 cm³/mol. The average Bonchev–Trinajstić information content (AvgIpc) is 2.36. The van der Waals surface area contributed by atoms with Crippen molar-refractivity contribution in [3.8, 4) is 0 Å². The van der Waals surface area contributed by atoms with Gasteiger partial charge in [-0.05, 0) is 43.2 Å². The summed E-state index contributed by atoms with van der Waals surface area (Å²) in [5.41, 5.74) is 2.49. The van der Waals surface area contributed by atoms with Gasteiger partial charge in [0.15, 0.2) is 0 Å². The molecule has 5 heteroatoms. The molecule has 0 aliphatic heterocycles. The van der Waals surface area contributed by atoms with Gasteiger partial charge in [-0.15, -0.1) is 0 Å². The quantitative estimate of drug-likeness (QED) is 0.921. The monoisotopic (exact) mass is 293 g/mol. The highest BCUT2D eigenvalue weighted by molar-refractivity contribution is 7.99. The summed E-state index contributed by atoms with van der Waals surface area (Å²) in [4.78, 5) is 16.2. The number of halogens is 1. The topological polar surface area (TPSA) is 50.2 Å². The van der Waals surface area contributed by atoms with Crippen LogP contribution in [0.3, 0.4) is 0 Å². The first kappa shape index (κ1) is 13.9. The lowest BCUT2D eigenvalue weighted by atomic mass is 10.1. The number of pyridine rings is 1. The number of nitrogens with zero attached hydrogens (tertiary/aromatic N) is 1. The summed E-state index contributed by atoms with van der Waals surface area (Å²) < 4.78 is 0. The molecule has 0 unspecified atom stereocenters. The van der Waals surface area contributed by atoms with Gasteiger partial charge in [-0.1, -0.05) is 29.4 Å². The van der Waals surface area contributed by atoms with Gasteiger partial charge in [0.25, 0.3) is 0 Å². The van der Waals surface area contributed by atoms with E-state index in [9.17, 15) is 4.79 Å². The van der Waals surface area contributed by atoms with Crippen molar-refractivity contribution in [2.75, 3.05) is 0 Å². The lowest BCUT2D eigenvalue weighted by Gasteiger charge is -2.06. The second-order valence-corrected chi connectivity index (χ2v) is 5.66. The van der Waals surface area contributed by atoms with Gasteiger partial charge in [0, 0.05) is 11.1 Å². The summed E-state index contributed by atoms with van der Waals surface area (Å²) in [6.07, 6.45) is 1.37. The van der Waals surface area contributed by atoms with Gasteiger partial charge in [0.05, 0.1) is 10.6 Å². The van der Waals surface area contributed by atoms with Crippen LogP contribution in [-0.2, 0) is 0 Å². The van der Waals surface area contributed by atoms with Crippen LogP contribution in [0.5, 0.6) is 0 Å². The smallest absolute Gasteiger partial charge is 0.337 e. The number of aromatic nitrogens is 1. The Labute approximate surface area is 120 Å². The number of hydrogen-bond donors (Lipinski definition) is 1. The fraction of sp³-hybridized carbons (Fsp3) is 0.143. The van der Waals surface area contributed by atoms with Crippen LogP contribution < -0.4 is 0 Å². The Morgan fingerprint density at radius 3 is 2.63 bits per heavy atom. The molecule has 0 aliphatic carbocycles. The SMILES string of the molecule is Cc1ccc(Sc2cc(C(=O)O)c(Cl)cn2)cc1C. The van der Waals surface area contributed by atoms with Crippen LogP contribution in [0, 0.1) is 13.8 Å². The summed E-state index contributed by atoms with van der Waals surface area (Å²) in [6.45, 7) is 4.09. The molecule has 0 spiro atoms. The second kappa shape index (κ2) is 5.63. The Hall–Kier alpha value is -1.52. The lowest BCUT2D eigenvalue weighted by Crippen LogP contribution is -1.98. The van der Waals surface area contributed by atoms with E-state index in [2.05, 4.69) is 11.1 Å². The van der Waals surface area contributed by atoms with Gasteiger partial charge < -0.3 is 5.11 Å².